The van der Waals surface area contributed by atoms with Crippen LogP contribution < -0.4 is 33.7 Å². The van der Waals surface area contributed by atoms with Gasteiger partial charge in [-0.05, 0) is 64.0 Å². The second kappa shape index (κ2) is 23.9. The molecular formula is C27H32N12O6Y6-4. The first-order valence-electron chi connectivity index (χ1n) is 18.9. The predicted octanol–water partition coefficient (Wildman–Crippen LogP) is -2.15. The van der Waals surface area contributed by atoms with Crippen LogP contribution >= 0.6 is 0 Å². The summed E-state index contributed by atoms with van der Waals surface area (Å²) in [6.07, 6.45) is 6.92. The molecule has 0 spiro atoms. The molecule has 0 aliphatic carbocycles. The number of hydrogen-bond acceptors (Lipinski definition) is 9. The first-order valence-corrected chi connectivity index (χ1v) is 12.4. The van der Waals surface area contributed by atoms with Crippen LogP contribution in [0.2, 0.25) is 0 Å². The molecule has 6 rings (SSSR count). The molecule has 0 aromatic carbocycles. The Kier molecular flexibility index (Phi) is 16.5. The maximum atomic E-state index is 12.2. The van der Waals surface area contributed by atoms with E-state index in [1.54, 1.807) is 0 Å². The summed E-state index contributed by atoms with van der Waals surface area (Å²) in [4.78, 5) is 83.5. The summed E-state index contributed by atoms with van der Waals surface area (Å²) in [6.45, 7) is -9.52. The van der Waals surface area contributed by atoms with Crippen LogP contribution in [0.1, 0.15) is 38.6 Å². The number of aromatic nitrogens is 12. The maximum absolute atomic E-state index is 12.2. The van der Waals surface area contributed by atoms with E-state index in [1.165, 1.54) is 25.6 Å². The van der Waals surface area contributed by atoms with Crippen LogP contribution in [0.3, 0.4) is 0 Å². The number of imidazole rings is 3. The zero-order valence-electron chi connectivity index (χ0n) is 40.7. The molecular weight excluding hydrogens is 1120 g/mol. The van der Waals surface area contributed by atoms with Gasteiger partial charge in [-0.25, -0.2) is 9.59 Å². The van der Waals surface area contributed by atoms with E-state index in [0.717, 1.165) is 23.0 Å². The van der Waals surface area contributed by atoms with Crippen molar-refractivity contribution in [3.63, 3.8) is 0 Å². The summed E-state index contributed by atoms with van der Waals surface area (Å²) >= 11 is 0. The van der Waals surface area contributed by atoms with Gasteiger partial charge in [0.25, 0.3) is 0 Å². The van der Waals surface area contributed by atoms with Gasteiger partial charge in [0, 0.05) is 278 Å². The van der Waals surface area contributed by atoms with E-state index in [2.05, 4.69) is 41.0 Å². The fourth-order valence-corrected chi connectivity index (χ4v) is 4.11. The molecule has 258 valence electrons. The molecule has 51 heavy (non-hydrogen) atoms. The molecule has 0 N–H and O–H groups in total. The van der Waals surface area contributed by atoms with E-state index in [4.69, 9.17) is 17.8 Å². The van der Waals surface area contributed by atoms with E-state index in [1.807, 2.05) is 0 Å². The van der Waals surface area contributed by atoms with Crippen LogP contribution in [0.4, 0.5) is 0 Å². The molecule has 0 aliphatic heterocycles. The first-order chi connectivity index (χ1) is 26.2. The smallest absolute Gasteiger partial charge is 0.319 e. The summed E-state index contributed by atoms with van der Waals surface area (Å²) in [5.74, 6) is 0. The van der Waals surface area contributed by atoms with E-state index < -0.39 is 78.8 Å². The molecule has 6 aromatic rings. The van der Waals surface area contributed by atoms with Gasteiger partial charge in [-0.1, -0.05) is 0 Å². The SMILES string of the molecule is [2H]C([2H])(C)n1c(=O)c2c(n[c-]n2C)n([CH2-])c1=O.[2H]C([2H])([2H])n1[c-]nc2c1c(=O)n(CC)c(=O)n2C([2H])([2H])[2H].[2H]C([2H])([2H])n1c(=O)n(C([2H])([2H])C)c(=O)c2c1n[c-]n2C.[Y].[Y].[Y].[Y].[Y].[Y]. The second-order valence-electron chi connectivity index (χ2n) is 8.83. The average molecular weight is 1170 g/mol. The van der Waals surface area contributed by atoms with Gasteiger partial charge in [-0.2, -0.15) is 0 Å². The summed E-state index contributed by atoms with van der Waals surface area (Å²) in [5, 5.41) is 0. The topological polar surface area (TPSA) is 185 Å². The normalized spacial score (nSPS) is 14.9. The number of nitrogens with zero attached hydrogens (tertiary/aromatic N) is 12. The monoisotopic (exact) mass is 1170 g/mol. The number of rotatable bonds is 3. The van der Waals surface area contributed by atoms with Crippen LogP contribution in [0.5, 0.6) is 0 Å². The molecule has 6 heterocycles. The van der Waals surface area contributed by atoms with Gasteiger partial charge in [0.15, 0.2) is 0 Å². The van der Waals surface area contributed by atoms with Crippen LogP contribution in [-0.2, 0) is 251 Å². The molecule has 0 aliphatic rings. The average Bonchev–Trinajstić information content (AvgIpc) is 3.75. The molecule has 0 saturated carbocycles. The molecule has 0 unspecified atom stereocenters. The van der Waals surface area contributed by atoms with Crippen molar-refractivity contribution in [3.8, 4) is 0 Å². The first kappa shape index (κ1) is 35.1. The minimum atomic E-state index is -2.90. The third kappa shape index (κ3) is 10.9. The van der Waals surface area contributed by atoms with Crippen molar-refractivity contribution in [3.05, 3.63) is 88.5 Å². The molecule has 0 saturated heterocycles. The van der Waals surface area contributed by atoms with Crippen molar-refractivity contribution in [1.29, 1.82) is 0 Å². The van der Waals surface area contributed by atoms with Gasteiger partial charge < -0.3 is 51.7 Å². The van der Waals surface area contributed by atoms with Gasteiger partial charge in [-0.15, -0.1) is 7.05 Å². The van der Waals surface area contributed by atoms with Crippen LogP contribution in [0.25, 0.3) is 33.5 Å². The Balaban J connectivity index is -0.000000837. The van der Waals surface area contributed by atoms with Crippen molar-refractivity contribution < 1.29 is 214 Å². The molecule has 0 atom stereocenters. The Morgan fingerprint density at radius 3 is 1.33 bits per heavy atom. The fourth-order valence-electron chi connectivity index (χ4n) is 4.11. The molecule has 24 heteroatoms. The predicted molar refractivity (Wildman–Crippen MR) is 164 cm³/mol. The Labute approximate surface area is 460 Å². The summed E-state index contributed by atoms with van der Waals surface area (Å²) in [7, 11) is 6.40. The number of hydrogen-bond donors (Lipinski definition) is 0. The summed E-state index contributed by atoms with van der Waals surface area (Å²) in [6, 6.07) is 0. The number of fused-ring (bicyclic) bond motifs is 3. The van der Waals surface area contributed by atoms with Gasteiger partial charge in [0.2, 0.25) is 22.4 Å². The van der Waals surface area contributed by atoms with E-state index >= 15 is 0 Å². The minimum Gasteiger partial charge on any atom is -0.444 e. The fraction of sp³-hybridized carbons (Fsp3) is 0.407. The van der Waals surface area contributed by atoms with Crippen molar-refractivity contribution >= 4 is 33.5 Å². The Hall–Kier alpha value is 0.943. The molecule has 18 nitrogen and oxygen atoms in total. The van der Waals surface area contributed by atoms with E-state index in [9.17, 15) is 28.8 Å². The molecule has 6 aromatic heterocycles. The van der Waals surface area contributed by atoms with Crippen LogP contribution in [-0.4, -0.2) is 56.1 Å². The van der Waals surface area contributed by atoms with Crippen molar-refractivity contribution in [2.75, 3.05) is 0 Å². The van der Waals surface area contributed by atoms with Crippen LogP contribution in [0, 0.1) is 26.0 Å². The third-order valence-electron chi connectivity index (χ3n) is 6.33. The van der Waals surface area contributed by atoms with Crippen molar-refractivity contribution in [2.45, 2.75) is 40.3 Å². The standard InChI is InChI=1S/2C9H11N4O2.C9H10N4O2.6Y/c3*1-4-13-8(14)6-7(10-5-11(6)2)12(3)9(13)15;;;;;;/h2*4H2,1-3H3;3-4H2,1-2H3;;;;;;/q2*-1;-2;;;;;;/i3D3,4D2;2D3,3D3;4D2;;;;;;. The molecule has 0 bridgehead atoms. The Morgan fingerprint density at radius 2 is 0.922 bits per heavy atom. The second-order valence-corrected chi connectivity index (χ2v) is 8.83. The molecule has 6 radical (unpaired) electrons. The van der Waals surface area contributed by atoms with Gasteiger partial charge in [-0.3, -0.25) is 23.5 Å². The maximum Gasteiger partial charge on any atom is 0.319 e. The van der Waals surface area contributed by atoms with Gasteiger partial charge >= 0.3 is 11.4 Å². The summed E-state index contributed by atoms with van der Waals surface area (Å²) in [5.41, 5.74) is -7.18. The quantitative estimate of drug-likeness (QED) is 0.179. The van der Waals surface area contributed by atoms with Gasteiger partial charge in [0.1, 0.15) is 0 Å². The van der Waals surface area contributed by atoms with E-state index in [0.29, 0.717) is 22.8 Å². The zero-order chi connectivity index (χ0) is 44.6. The van der Waals surface area contributed by atoms with Crippen LogP contribution in [0.15, 0.2) is 28.8 Å². The van der Waals surface area contributed by atoms with Crippen molar-refractivity contribution in [2.24, 2.45) is 35.0 Å². The molecule has 0 amide bonds. The Bertz CT molecular complexity index is 2970. The third-order valence-corrected chi connectivity index (χ3v) is 6.33. The summed E-state index contributed by atoms with van der Waals surface area (Å²) < 4.78 is 102. The zero-order valence-corrected chi connectivity index (χ0v) is 44.7. The van der Waals surface area contributed by atoms with Gasteiger partial charge in [0.05, 0.1) is 0 Å². The largest absolute Gasteiger partial charge is 0.444 e. The minimum absolute atomic E-state index is 0. The number of aryl methyl sites for hydroxylation is 5. The van der Waals surface area contributed by atoms with Crippen molar-refractivity contribution in [1.82, 2.24) is 56.1 Å². The van der Waals surface area contributed by atoms with E-state index in [-0.39, 0.29) is 230 Å². The molecule has 0 fully saturated rings. The Morgan fingerprint density at radius 1 is 0.569 bits per heavy atom.